The van der Waals surface area contributed by atoms with Crippen LogP contribution in [0.25, 0.3) is 0 Å². The number of benzene rings is 1. The summed E-state index contributed by atoms with van der Waals surface area (Å²) < 4.78 is 32.3. The normalized spacial score (nSPS) is 11.1. The minimum absolute atomic E-state index is 0.152. The molecule has 2 aromatic rings. The largest absolute Gasteiger partial charge is 0.497 e. The second kappa shape index (κ2) is 5.58. The van der Waals surface area contributed by atoms with Crippen LogP contribution < -0.4 is 9.46 Å². The second-order valence-corrected chi connectivity index (χ2v) is 6.12. The zero-order chi connectivity index (χ0) is 13.9. The van der Waals surface area contributed by atoms with Crippen molar-refractivity contribution in [2.24, 2.45) is 0 Å². The number of aromatic nitrogens is 1. The number of sulfonamides is 1. The Hall–Kier alpha value is -1.60. The van der Waals surface area contributed by atoms with Crippen LogP contribution in [0.2, 0.25) is 0 Å². The Morgan fingerprint density at radius 3 is 2.68 bits per heavy atom. The molecule has 0 aliphatic carbocycles. The Morgan fingerprint density at radius 2 is 2.00 bits per heavy atom. The van der Waals surface area contributed by atoms with Crippen LogP contribution >= 0.6 is 15.9 Å². The molecule has 0 atom stereocenters. The fourth-order valence-corrected chi connectivity index (χ4v) is 3.45. The van der Waals surface area contributed by atoms with Crippen LogP contribution in [0.15, 0.2) is 52.0 Å². The van der Waals surface area contributed by atoms with Gasteiger partial charge >= 0.3 is 0 Å². The van der Waals surface area contributed by atoms with E-state index in [4.69, 9.17) is 4.74 Å². The Labute approximate surface area is 119 Å². The topological polar surface area (TPSA) is 68.3 Å². The Balaban J connectivity index is 2.34. The van der Waals surface area contributed by atoms with E-state index < -0.39 is 10.0 Å². The van der Waals surface area contributed by atoms with Gasteiger partial charge in [0, 0.05) is 16.7 Å². The third-order valence-electron chi connectivity index (χ3n) is 2.33. The first-order valence-electron chi connectivity index (χ1n) is 5.30. The Bertz CT molecular complexity index is 689. The van der Waals surface area contributed by atoms with Crippen LogP contribution in [0, 0.1) is 0 Å². The SMILES string of the molecule is COc1ccnc(NS(=O)(=O)c2ccccc2Br)c1. The fraction of sp³-hybridized carbons (Fsp3) is 0.0833. The van der Waals surface area contributed by atoms with Gasteiger partial charge in [0.1, 0.15) is 16.5 Å². The lowest BCUT2D eigenvalue weighted by Gasteiger charge is -2.09. The van der Waals surface area contributed by atoms with Gasteiger partial charge in [-0.25, -0.2) is 13.4 Å². The van der Waals surface area contributed by atoms with Gasteiger partial charge in [-0.15, -0.1) is 0 Å². The number of nitrogens with zero attached hydrogens (tertiary/aromatic N) is 1. The van der Waals surface area contributed by atoms with Gasteiger partial charge in [-0.2, -0.15) is 0 Å². The van der Waals surface area contributed by atoms with E-state index in [1.165, 1.54) is 25.4 Å². The molecule has 19 heavy (non-hydrogen) atoms. The van der Waals surface area contributed by atoms with Gasteiger partial charge < -0.3 is 4.74 Å². The lowest BCUT2D eigenvalue weighted by Crippen LogP contribution is -2.14. The molecule has 5 nitrogen and oxygen atoms in total. The number of halogens is 1. The highest BCUT2D eigenvalue weighted by atomic mass is 79.9. The molecule has 0 amide bonds. The van der Waals surface area contributed by atoms with Gasteiger partial charge in [-0.05, 0) is 34.1 Å². The number of hydrogen-bond acceptors (Lipinski definition) is 4. The van der Waals surface area contributed by atoms with E-state index in [2.05, 4.69) is 25.6 Å². The van der Waals surface area contributed by atoms with E-state index in [-0.39, 0.29) is 10.7 Å². The summed E-state index contributed by atoms with van der Waals surface area (Å²) in [7, 11) is -2.18. The smallest absolute Gasteiger partial charge is 0.264 e. The predicted molar refractivity (Wildman–Crippen MR) is 75.7 cm³/mol. The summed E-state index contributed by atoms with van der Waals surface area (Å²) in [4.78, 5) is 4.09. The number of anilines is 1. The molecular weight excluding hydrogens is 332 g/mol. The minimum atomic E-state index is -3.68. The van der Waals surface area contributed by atoms with E-state index in [0.717, 1.165) is 0 Å². The average Bonchev–Trinajstić information content (AvgIpc) is 2.38. The lowest BCUT2D eigenvalue weighted by atomic mass is 10.4. The van der Waals surface area contributed by atoms with Crippen molar-refractivity contribution in [3.05, 3.63) is 47.1 Å². The molecule has 100 valence electrons. The van der Waals surface area contributed by atoms with E-state index in [1.807, 2.05) is 0 Å². The van der Waals surface area contributed by atoms with Crippen molar-refractivity contribution < 1.29 is 13.2 Å². The maximum atomic E-state index is 12.2. The highest BCUT2D eigenvalue weighted by Crippen LogP contribution is 2.24. The van der Waals surface area contributed by atoms with Gasteiger partial charge in [-0.3, -0.25) is 4.72 Å². The highest BCUT2D eigenvalue weighted by molar-refractivity contribution is 9.10. The lowest BCUT2D eigenvalue weighted by molar-refractivity contribution is 0.414. The molecule has 1 aromatic carbocycles. The van der Waals surface area contributed by atoms with Crippen molar-refractivity contribution in [2.75, 3.05) is 11.8 Å². The van der Waals surface area contributed by atoms with Crippen molar-refractivity contribution in [3.63, 3.8) is 0 Å². The van der Waals surface area contributed by atoms with E-state index in [1.54, 1.807) is 24.3 Å². The highest BCUT2D eigenvalue weighted by Gasteiger charge is 2.17. The van der Waals surface area contributed by atoms with Crippen LogP contribution in [-0.2, 0) is 10.0 Å². The molecule has 1 aromatic heterocycles. The Morgan fingerprint density at radius 1 is 1.26 bits per heavy atom. The van der Waals surface area contributed by atoms with Crippen LogP contribution in [-0.4, -0.2) is 20.5 Å². The molecule has 0 spiro atoms. The van der Waals surface area contributed by atoms with Crippen molar-refractivity contribution in [3.8, 4) is 5.75 Å². The van der Waals surface area contributed by atoms with Crippen molar-refractivity contribution in [1.29, 1.82) is 0 Å². The molecular formula is C12H11BrN2O3S. The van der Waals surface area contributed by atoms with Gasteiger partial charge in [-0.1, -0.05) is 12.1 Å². The van der Waals surface area contributed by atoms with Crippen molar-refractivity contribution >= 4 is 31.8 Å². The molecule has 0 unspecified atom stereocenters. The summed E-state index contributed by atoms with van der Waals surface area (Å²) in [6, 6.07) is 9.70. The third kappa shape index (κ3) is 3.24. The molecule has 1 heterocycles. The molecule has 2 rings (SSSR count). The summed E-state index contributed by atoms with van der Waals surface area (Å²) >= 11 is 3.21. The molecule has 0 aliphatic heterocycles. The van der Waals surface area contributed by atoms with Gasteiger partial charge in [0.05, 0.1) is 7.11 Å². The van der Waals surface area contributed by atoms with Crippen LogP contribution in [0.5, 0.6) is 5.75 Å². The summed E-state index contributed by atoms with van der Waals surface area (Å²) in [6.07, 6.45) is 1.47. The standard InChI is InChI=1S/C12H11BrN2O3S/c1-18-9-6-7-14-12(8-9)15-19(16,17)11-5-3-2-4-10(11)13/h2-8H,1H3,(H,14,15). The van der Waals surface area contributed by atoms with Gasteiger partial charge in [0.2, 0.25) is 0 Å². The summed E-state index contributed by atoms with van der Waals surface area (Å²) in [5.41, 5.74) is 0. The van der Waals surface area contributed by atoms with Crippen LogP contribution in [0.4, 0.5) is 5.82 Å². The molecule has 7 heteroatoms. The molecule has 0 fully saturated rings. The number of rotatable bonds is 4. The van der Waals surface area contributed by atoms with E-state index >= 15 is 0 Å². The van der Waals surface area contributed by atoms with Gasteiger partial charge in [0.15, 0.2) is 0 Å². The minimum Gasteiger partial charge on any atom is -0.497 e. The van der Waals surface area contributed by atoms with Crippen LogP contribution in [0.1, 0.15) is 0 Å². The van der Waals surface area contributed by atoms with Gasteiger partial charge in [0.25, 0.3) is 10.0 Å². The second-order valence-electron chi connectivity index (χ2n) is 3.62. The van der Waals surface area contributed by atoms with E-state index in [0.29, 0.717) is 10.2 Å². The summed E-state index contributed by atoms with van der Waals surface area (Å²) in [5, 5.41) is 0. The first kappa shape index (κ1) is 13.8. The third-order valence-corrected chi connectivity index (χ3v) is 4.70. The number of pyridine rings is 1. The number of nitrogens with one attached hydrogen (secondary N) is 1. The van der Waals surface area contributed by atoms with Crippen molar-refractivity contribution in [1.82, 2.24) is 4.98 Å². The molecule has 0 aliphatic rings. The first-order chi connectivity index (χ1) is 9.03. The maximum absolute atomic E-state index is 12.2. The molecule has 0 radical (unpaired) electrons. The molecule has 0 saturated carbocycles. The quantitative estimate of drug-likeness (QED) is 0.927. The number of ether oxygens (including phenoxy) is 1. The summed E-state index contributed by atoms with van der Waals surface area (Å²) in [5.74, 6) is 0.731. The van der Waals surface area contributed by atoms with Crippen LogP contribution in [0.3, 0.4) is 0 Å². The Kier molecular flexibility index (Phi) is 4.06. The number of hydrogen-bond donors (Lipinski definition) is 1. The molecule has 1 N–H and O–H groups in total. The first-order valence-corrected chi connectivity index (χ1v) is 7.58. The zero-order valence-electron chi connectivity index (χ0n) is 10.00. The average molecular weight is 343 g/mol. The zero-order valence-corrected chi connectivity index (χ0v) is 12.4. The number of methoxy groups -OCH3 is 1. The fourth-order valence-electron chi connectivity index (χ4n) is 1.45. The van der Waals surface area contributed by atoms with Crippen molar-refractivity contribution in [2.45, 2.75) is 4.90 Å². The summed E-state index contributed by atoms with van der Waals surface area (Å²) in [6.45, 7) is 0. The molecule has 0 bridgehead atoms. The monoisotopic (exact) mass is 342 g/mol. The maximum Gasteiger partial charge on any atom is 0.264 e. The predicted octanol–water partition coefficient (Wildman–Crippen LogP) is 2.65. The molecule has 0 saturated heterocycles. The van der Waals surface area contributed by atoms with E-state index in [9.17, 15) is 8.42 Å².